The Morgan fingerprint density at radius 3 is 2.46 bits per heavy atom. The molecule has 1 saturated heterocycles. The second kappa shape index (κ2) is 13.7. The van der Waals surface area contributed by atoms with Crippen LogP contribution in [0.5, 0.6) is 0 Å². The molecule has 1 heterocycles. The summed E-state index contributed by atoms with van der Waals surface area (Å²) in [6, 6.07) is 5.52. The van der Waals surface area contributed by atoms with Crippen LogP contribution in [-0.2, 0) is 6.42 Å². The van der Waals surface area contributed by atoms with Gasteiger partial charge in [0.05, 0.1) is 5.69 Å². The highest BCUT2D eigenvalue weighted by atomic mass is 15.1. The van der Waals surface area contributed by atoms with Crippen LogP contribution in [-0.4, -0.2) is 25.3 Å². The van der Waals surface area contributed by atoms with Gasteiger partial charge < -0.3 is 10.2 Å². The molecule has 0 aromatic heterocycles. The van der Waals surface area contributed by atoms with Crippen LogP contribution in [0.4, 0.5) is 11.4 Å². The Kier molecular flexibility index (Phi) is 10.7. The van der Waals surface area contributed by atoms with Crippen molar-refractivity contribution in [3.05, 3.63) is 59.3 Å². The molecule has 3 heteroatoms. The Balaban J connectivity index is 1.73. The molecule has 0 amide bonds. The molecule has 35 heavy (non-hydrogen) atoms. The van der Waals surface area contributed by atoms with Gasteiger partial charge in [0, 0.05) is 36.7 Å². The highest BCUT2D eigenvalue weighted by Gasteiger charge is 2.24. The normalized spacial score (nSPS) is 21.9. The van der Waals surface area contributed by atoms with Gasteiger partial charge in [-0.2, -0.15) is 0 Å². The smallest absolute Gasteiger partial charge is 0.0693 e. The fraction of sp³-hybridized carbons (Fsp3) is 0.594. The average molecular weight is 476 g/mol. The van der Waals surface area contributed by atoms with Crippen LogP contribution >= 0.6 is 0 Å². The largest absolute Gasteiger partial charge is 0.386 e. The molecule has 0 unspecified atom stereocenters. The third-order valence-electron chi connectivity index (χ3n) is 7.46. The van der Waals surface area contributed by atoms with E-state index in [-0.39, 0.29) is 0 Å². The summed E-state index contributed by atoms with van der Waals surface area (Å²) in [6.45, 7) is 17.3. The maximum Gasteiger partial charge on any atom is 0.0693 e. The lowest BCUT2D eigenvalue weighted by Crippen LogP contribution is -2.32. The Morgan fingerprint density at radius 1 is 1.11 bits per heavy atom. The number of allylic oxidation sites excluding steroid dienone is 5. The summed E-state index contributed by atoms with van der Waals surface area (Å²) < 4.78 is 0. The molecule has 2 aliphatic rings. The van der Waals surface area contributed by atoms with Crippen LogP contribution in [0.2, 0.25) is 0 Å². The van der Waals surface area contributed by atoms with E-state index in [1.54, 1.807) is 0 Å². The summed E-state index contributed by atoms with van der Waals surface area (Å²) in [5, 5.41) is 3.74. The highest BCUT2D eigenvalue weighted by Crippen LogP contribution is 2.39. The van der Waals surface area contributed by atoms with Gasteiger partial charge in [-0.15, -0.1) is 0 Å². The first kappa shape index (κ1) is 27.3. The van der Waals surface area contributed by atoms with Gasteiger partial charge in [-0.05, 0) is 113 Å². The van der Waals surface area contributed by atoms with Crippen molar-refractivity contribution in [3.8, 4) is 0 Å². The number of benzene rings is 1. The van der Waals surface area contributed by atoms with Gasteiger partial charge in [0.2, 0.25) is 0 Å². The third kappa shape index (κ3) is 8.40. The number of hydrogen-bond acceptors (Lipinski definition) is 3. The zero-order valence-corrected chi connectivity index (χ0v) is 23.1. The third-order valence-corrected chi connectivity index (χ3v) is 7.46. The molecule has 2 fully saturated rings. The van der Waals surface area contributed by atoms with E-state index < -0.39 is 0 Å². The number of nitrogens with zero attached hydrogens (tertiary/aromatic N) is 2. The molecule has 1 N–H and O–H groups in total. The summed E-state index contributed by atoms with van der Waals surface area (Å²) >= 11 is 0. The number of nitrogens with one attached hydrogen (secondary N) is 1. The van der Waals surface area contributed by atoms with E-state index >= 15 is 0 Å². The first-order chi connectivity index (χ1) is 16.9. The molecule has 1 saturated carbocycles. The average Bonchev–Trinajstić information content (AvgIpc) is 2.84. The molecule has 0 spiro atoms. The molecule has 0 radical (unpaired) electrons. The summed E-state index contributed by atoms with van der Waals surface area (Å²) in [7, 11) is 0. The fourth-order valence-electron chi connectivity index (χ4n) is 5.52. The topological polar surface area (TPSA) is 27.6 Å². The van der Waals surface area contributed by atoms with E-state index in [0.29, 0.717) is 12.0 Å². The van der Waals surface area contributed by atoms with E-state index in [2.05, 4.69) is 81.1 Å². The molecule has 1 aromatic rings. The first-order valence-electron chi connectivity index (χ1n) is 14.1. The van der Waals surface area contributed by atoms with Gasteiger partial charge in [0.25, 0.3) is 0 Å². The van der Waals surface area contributed by atoms with Gasteiger partial charge in [-0.25, -0.2) is 0 Å². The maximum atomic E-state index is 5.02. The summed E-state index contributed by atoms with van der Waals surface area (Å²) in [4.78, 5) is 7.63. The summed E-state index contributed by atoms with van der Waals surface area (Å²) in [5.41, 5.74) is 7.91. The van der Waals surface area contributed by atoms with E-state index in [9.17, 15) is 0 Å². The molecule has 192 valence electrons. The Morgan fingerprint density at radius 2 is 1.83 bits per heavy atom. The van der Waals surface area contributed by atoms with Crippen molar-refractivity contribution in [2.75, 3.05) is 18.0 Å². The second-order valence-electron chi connectivity index (χ2n) is 11.1. The van der Waals surface area contributed by atoms with Gasteiger partial charge in [-0.1, -0.05) is 45.1 Å². The van der Waals surface area contributed by atoms with Crippen LogP contribution in [0.1, 0.15) is 103 Å². The van der Waals surface area contributed by atoms with Crippen molar-refractivity contribution >= 4 is 17.6 Å². The standard InChI is InChI=1S/C32H49N3/c1-7-18-33-32-28(22-30(23-31(32)25(4)5)35-19-9-8-10-20-35)21-27-14-16-29(17-15-27)34-26(6)13-11-12-24(2)3/h11-13,18,22-23,25,27,29,34H,2,7-10,14-17,19-21H2,1,3-6H3/b12-11-,26-13+,33-18-. The maximum absolute atomic E-state index is 5.02. The quantitative estimate of drug-likeness (QED) is 0.271. The molecule has 0 atom stereocenters. The lowest BCUT2D eigenvalue weighted by molar-refractivity contribution is 0.302. The Hall–Kier alpha value is -2.29. The van der Waals surface area contributed by atoms with Gasteiger partial charge >= 0.3 is 0 Å². The van der Waals surface area contributed by atoms with Crippen molar-refractivity contribution in [2.45, 2.75) is 104 Å². The Bertz CT molecular complexity index is 907. The predicted molar refractivity (Wildman–Crippen MR) is 155 cm³/mol. The van der Waals surface area contributed by atoms with Gasteiger partial charge in [0.15, 0.2) is 0 Å². The fourth-order valence-corrected chi connectivity index (χ4v) is 5.52. The first-order valence-corrected chi connectivity index (χ1v) is 14.1. The summed E-state index contributed by atoms with van der Waals surface area (Å²) in [6.07, 6.45) is 19.6. The number of anilines is 1. The number of hydrogen-bond donors (Lipinski definition) is 1. The van der Waals surface area contributed by atoms with Crippen molar-refractivity contribution < 1.29 is 0 Å². The van der Waals surface area contributed by atoms with E-state index in [1.807, 2.05) is 6.92 Å². The number of piperidine rings is 1. The SMILES string of the molecule is C=C(C)/C=C\C=C(/C)NC1CCC(Cc2cc(N3CCCCC3)cc(C(C)C)c2/N=C\CC)CC1. The van der Waals surface area contributed by atoms with E-state index in [1.165, 1.54) is 86.2 Å². The molecule has 0 bridgehead atoms. The molecular weight excluding hydrogens is 426 g/mol. The molecular formula is C32H49N3. The zero-order chi connectivity index (χ0) is 25.2. The van der Waals surface area contributed by atoms with E-state index in [4.69, 9.17) is 4.99 Å². The number of rotatable bonds is 10. The van der Waals surface area contributed by atoms with Crippen LogP contribution in [0.15, 0.2) is 53.2 Å². The lowest BCUT2D eigenvalue weighted by atomic mass is 9.81. The molecule has 1 aromatic carbocycles. The molecule has 3 nitrogen and oxygen atoms in total. The number of aliphatic imine (C=N–C) groups is 1. The van der Waals surface area contributed by atoms with Crippen LogP contribution in [0.25, 0.3) is 0 Å². The zero-order valence-electron chi connectivity index (χ0n) is 23.1. The van der Waals surface area contributed by atoms with Crippen molar-refractivity contribution in [2.24, 2.45) is 10.9 Å². The van der Waals surface area contributed by atoms with Crippen LogP contribution in [0.3, 0.4) is 0 Å². The van der Waals surface area contributed by atoms with Gasteiger partial charge in [0.1, 0.15) is 0 Å². The van der Waals surface area contributed by atoms with Crippen molar-refractivity contribution in [1.29, 1.82) is 0 Å². The van der Waals surface area contributed by atoms with Crippen LogP contribution in [0, 0.1) is 5.92 Å². The molecule has 3 rings (SSSR count). The van der Waals surface area contributed by atoms with E-state index in [0.717, 1.165) is 24.3 Å². The minimum atomic E-state index is 0.483. The predicted octanol–water partition coefficient (Wildman–Crippen LogP) is 8.64. The molecule has 1 aliphatic heterocycles. The molecule has 1 aliphatic carbocycles. The summed E-state index contributed by atoms with van der Waals surface area (Å²) in [5.74, 6) is 1.23. The van der Waals surface area contributed by atoms with Crippen molar-refractivity contribution in [3.63, 3.8) is 0 Å². The van der Waals surface area contributed by atoms with Crippen LogP contribution < -0.4 is 10.2 Å². The minimum Gasteiger partial charge on any atom is -0.386 e. The highest BCUT2D eigenvalue weighted by molar-refractivity contribution is 5.70. The second-order valence-corrected chi connectivity index (χ2v) is 11.1. The van der Waals surface area contributed by atoms with Gasteiger partial charge in [-0.3, -0.25) is 4.99 Å². The monoisotopic (exact) mass is 475 g/mol. The Labute approximate surface area is 215 Å². The minimum absolute atomic E-state index is 0.483. The lowest BCUT2D eigenvalue weighted by Gasteiger charge is -2.32. The van der Waals surface area contributed by atoms with Crippen molar-refractivity contribution in [1.82, 2.24) is 5.32 Å².